The van der Waals surface area contributed by atoms with Crippen molar-refractivity contribution >= 4 is 11.3 Å². The first-order chi connectivity index (χ1) is 8.44. The van der Waals surface area contributed by atoms with Crippen LogP contribution in [0.25, 0.3) is 10.8 Å². The number of hydrogen-bond acceptors (Lipinski definition) is 6. The monoisotopic (exact) mass is 266 g/mol. The van der Waals surface area contributed by atoms with Gasteiger partial charge < -0.3 is 9.73 Å². The molecule has 2 aromatic rings. The summed E-state index contributed by atoms with van der Waals surface area (Å²) < 4.78 is 5.61. The number of aromatic nitrogens is 3. The Labute approximate surface area is 111 Å². The SMILES string of the molecule is Cc1ncc(-c2nnc(CCNC(C)(C)C)o2)s1. The molecule has 98 valence electrons. The maximum Gasteiger partial charge on any atom is 0.259 e. The van der Waals surface area contributed by atoms with Crippen molar-refractivity contribution in [3.05, 3.63) is 17.1 Å². The minimum Gasteiger partial charge on any atom is -0.420 e. The summed E-state index contributed by atoms with van der Waals surface area (Å²) in [5, 5.41) is 12.5. The van der Waals surface area contributed by atoms with Crippen molar-refractivity contribution in [2.45, 2.75) is 39.7 Å². The molecule has 0 aliphatic heterocycles. The van der Waals surface area contributed by atoms with E-state index in [1.54, 1.807) is 17.5 Å². The van der Waals surface area contributed by atoms with Gasteiger partial charge in [0.2, 0.25) is 5.89 Å². The van der Waals surface area contributed by atoms with Gasteiger partial charge in [-0.25, -0.2) is 4.98 Å². The molecule has 5 nitrogen and oxygen atoms in total. The molecule has 0 aliphatic carbocycles. The summed E-state index contributed by atoms with van der Waals surface area (Å²) >= 11 is 1.56. The first kappa shape index (κ1) is 13.2. The van der Waals surface area contributed by atoms with Gasteiger partial charge in [-0.1, -0.05) is 0 Å². The predicted octanol–water partition coefficient (Wildman–Crippen LogP) is 2.43. The second-order valence-electron chi connectivity index (χ2n) is 5.17. The molecular formula is C12H18N4OS. The molecule has 0 radical (unpaired) electrons. The molecule has 0 aliphatic rings. The van der Waals surface area contributed by atoms with E-state index in [2.05, 4.69) is 41.3 Å². The minimum absolute atomic E-state index is 0.109. The lowest BCUT2D eigenvalue weighted by molar-refractivity contribution is 0.412. The van der Waals surface area contributed by atoms with E-state index in [0.717, 1.165) is 22.9 Å². The molecule has 2 heterocycles. The zero-order valence-electron chi connectivity index (χ0n) is 11.1. The topological polar surface area (TPSA) is 63.8 Å². The van der Waals surface area contributed by atoms with E-state index in [1.807, 2.05) is 6.92 Å². The standard InChI is InChI=1S/C12H18N4OS/c1-8-13-7-9(18-8)11-16-15-10(17-11)5-6-14-12(2,3)4/h7,14H,5-6H2,1-4H3. The molecule has 0 atom stereocenters. The second-order valence-corrected chi connectivity index (χ2v) is 6.41. The van der Waals surface area contributed by atoms with E-state index >= 15 is 0 Å². The summed E-state index contributed by atoms with van der Waals surface area (Å²) in [6.45, 7) is 9.18. The molecule has 18 heavy (non-hydrogen) atoms. The van der Waals surface area contributed by atoms with Crippen molar-refractivity contribution in [3.8, 4) is 10.8 Å². The summed E-state index contributed by atoms with van der Waals surface area (Å²) in [6, 6.07) is 0. The third-order valence-corrected chi connectivity index (χ3v) is 3.19. The predicted molar refractivity (Wildman–Crippen MR) is 71.6 cm³/mol. The van der Waals surface area contributed by atoms with Crippen LogP contribution in [0, 0.1) is 6.92 Å². The van der Waals surface area contributed by atoms with Gasteiger partial charge in [0.25, 0.3) is 5.89 Å². The van der Waals surface area contributed by atoms with Gasteiger partial charge in [0.05, 0.1) is 11.2 Å². The van der Waals surface area contributed by atoms with Crippen molar-refractivity contribution in [1.29, 1.82) is 0 Å². The zero-order chi connectivity index (χ0) is 13.2. The van der Waals surface area contributed by atoms with Gasteiger partial charge in [0, 0.05) is 18.5 Å². The number of nitrogens with one attached hydrogen (secondary N) is 1. The van der Waals surface area contributed by atoms with Gasteiger partial charge in [-0.3, -0.25) is 0 Å². The van der Waals surface area contributed by atoms with Crippen molar-refractivity contribution < 1.29 is 4.42 Å². The maximum absolute atomic E-state index is 5.61. The summed E-state index contributed by atoms with van der Waals surface area (Å²) in [7, 11) is 0. The Morgan fingerprint density at radius 3 is 2.72 bits per heavy atom. The fourth-order valence-electron chi connectivity index (χ4n) is 1.46. The first-order valence-corrected chi connectivity index (χ1v) is 6.76. The Bertz CT molecular complexity index is 512. The van der Waals surface area contributed by atoms with Gasteiger partial charge in [-0.15, -0.1) is 21.5 Å². The number of hydrogen-bond donors (Lipinski definition) is 1. The third-order valence-electron chi connectivity index (χ3n) is 2.29. The smallest absolute Gasteiger partial charge is 0.259 e. The number of aryl methyl sites for hydroxylation is 1. The minimum atomic E-state index is 0.109. The molecule has 0 unspecified atom stereocenters. The van der Waals surface area contributed by atoms with E-state index in [-0.39, 0.29) is 5.54 Å². The van der Waals surface area contributed by atoms with E-state index in [9.17, 15) is 0 Å². The van der Waals surface area contributed by atoms with Gasteiger partial charge in [-0.05, 0) is 27.7 Å². The van der Waals surface area contributed by atoms with Crippen LogP contribution in [0.3, 0.4) is 0 Å². The molecule has 0 spiro atoms. The average Bonchev–Trinajstić information content (AvgIpc) is 2.85. The summed E-state index contributed by atoms with van der Waals surface area (Å²) in [6.07, 6.45) is 2.51. The summed E-state index contributed by atoms with van der Waals surface area (Å²) in [5.74, 6) is 1.22. The molecule has 0 aromatic carbocycles. The highest BCUT2D eigenvalue weighted by molar-refractivity contribution is 7.14. The van der Waals surface area contributed by atoms with E-state index in [4.69, 9.17) is 4.42 Å². The Morgan fingerprint density at radius 2 is 2.11 bits per heavy atom. The molecule has 0 saturated carbocycles. The van der Waals surface area contributed by atoms with Crippen LogP contribution in [0.5, 0.6) is 0 Å². The largest absolute Gasteiger partial charge is 0.420 e. The van der Waals surface area contributed by atoms with Crippen LogP contribution >= 0.6 is 11.3 Å². The van der Waals surface area contributed by atoms with Crippen LogP contribution in [-0.4, -0.2) is 27.3 Å². The molecule has 0 bridgehead atoms. The molecular weight excluding hydrogens is 248 g/mol. The molecule has 1 N–H and O–H groups in total. The van der Waals surface area contributed by atoms with E-state index < -0.39 is 0 Å². The van der Waals surface area contributed by atoms with Crippen molar-refractivity contribution in [2.24, 2.45) is 0 Å². The Balaban J connectivity index is 1.94. The quantitative estimate of drug-likeness (QED) is 0.920. The van der Waals surface area contributed by atoms with Crippen molar-refractivity contribution in [2.75, 3.05) is 6.54 Å². The third kappa shape index (κ3) is 3.61. The van der Waals surface area contributed by atoms with Gasteiger partial charge in [-0.2, -0.15) is 0 Å². The Hall–Kier alpha value is -1.27. The number of thiazole rings is 1. The molecule has 0 fully saturated rings. The lowest BCUT2D eigenvalue weighted by atomic mass is 10.1. The normalized spacial score (nSPS) is 12.0. The highest BCUT2D eigenvalue weighted by Gasteiger charge is 2.12. The lowest BCUT2D eigenvalue weighted by Crippen LogP contribution is -2.37. The molecule has 2 rings (SSSR count). The number of nitrogens with zero attached hydrogens (tertiary/aromatic N) is 3. The van der Waals surface area contributed by atoms with Crippen LogP contribution < -0.4 is 5.32 Å². The van der Waals surface area contributed by atoms with Crippen LogP contribution in [0.15, 0.2) is 10.6 Å². The van der Waals surface area contributed by atoms with E-state index in [0.29, 0.717) is 11.8 Å². The fraction of sp³-hybridized carbons (Fsp3) is 0.583. The van der Waals surface area contributed by atoms with Crippen molar-refractivity contribution in [1.82, 2.24) is 20.5 Å². The maximum atomic E-state index is 5.61. The Kier molecular flexibility index (Phi) is 3.77. The van der Waals surface area contributed by atoms with Crippen LogP contribution in [-0.2, 0) is 6.42 Å². The van der Waals surface area contributed by atoms with Gasteiger partial charge in [0.1, 0.15) is 4.88 Å². The van der Waals surface area contributed by atoms with Crippen LogP contribution in [0.1, 0.15) is 31.7 Å². The summed E-state index contributed by atoms with van der Waals surface area (Å²) in [4.78, 5) is 5.10. The van der Waals surface area contributed by atoms with Crippen LogP contribution in [0.4, 0.5) is 0 Å². The average molecular weight is 266 g/mol. The first-order valence-electron chi connectivity index (χ1n) is 5.94. The van der Waals surface area contributed by atoms with Gasteiger partial charge in [0.15, 0.2) is 0 Å². The highest BCUT2D eigenvalue weighted by atomic mass is 32.1. The highest BCUT2D eigenvalue weighted by Crippen LogP contribution is 2.24. The second kappa shape index (κ2) is 5.16. The molecule has 0 amide bonds. The zero-order valence-corrected chi connectivity index (χ0v) is 12.0. The Morgan fingerprint density at radius 1 is 1.33 bits per heavy atom. The molecule has 2 aromatic heterocycles. The lowest BCUT2D eigenvalue weighted by Gasteiger charge is -2.19. The van der Waals surface area contributed by atoms with Crippen LogP contribution in [0.2, 0.25) is 0 Å². The molecule has 0 saturated heterocycles. The van der Waals surface area contributed by atoms with Gasteiger partial charge >= 0.3 is 0 Å². The van der Waals surface area contributed by atoms with E-state index in [1.165, 1.54) is 0 Å². The summed E-state index contributed by atoms with van der Waals surface area (Å²) in [5.41, 5.74) is 0.109. The molecule has 6 heteroatoms. The fourth-order valence-corrected chi connectivity index (χ4v) is 2.16. The van der Waals surface area contributed by atoms with Crippen molar-refractivity contribution in [3.63, 3.8) is 0 Å². The number of rotatable bonds is 4.